The standard InChI is InChI=1S/C20H28N4O/c1-4-5-18-14-19(22-21-18)20(25)24-12-10-23(11-13-24)16(3)17-8-6-15(2)7-9-17/h6-9,14,16H,4-5,10-13H2,1-3H3,(H,21,22)/t16-/m0/s1. The van der Waals surface area contributed by atoms with Crippen molar-refractivity contribution in [3.63, 3.8) is 0 Å². The number of piperazine rings is 1. The summed E-state index contributed by atoms with van der Waals surface area (Å²) in [6, 6.07) is 11.0. The normalized spacial score (nSPS) is 16.8. The molecule has 0 spiro atoms. The number of amides is 1. The van der Waals surface area contributed by atoms with Gasteiger partial charge in [0, 0.05) is 37.9 Å². The Morgan fingerprint density at radius 2 is 1.88 bits per heavy atom. The molecule has 5 nitrogen and oxygen atoms in total. The predicted molar refractivity (Wildman–Crippen MR) is 99.7 cm³/mol. The lowest BCUT2D eigenvalue weighted by molar-refractivity contribution is 0.0576. The number of benzene rings is 1. The molecule has 3 rings (SSSR count). The van der Waals surface area contributed by atoms with Crippen molar-refractivity contribution in [1.82, 2.24) is 20.0 Å². The minimum absolute atomic E-state index is 0.0428. The molecule has 1 fully saturated rings. The Kier molecular flexibility index (Phi) is 5.53. The van der Waals surface area contributed by atoms with Crippen molar-refractivity contribution >= 4 is 5.91 Å². The second kappa shape index (κ2) is 7.83. The van der Waals surface area contributed by atoms with E-state index >= 15 is 0 Å². The lowest BCUT2D eigenvalue weighted by atomic mass is 10.0. The van der Waals surface area contributed by atoms with Crippen molar-refractivity contribution in [2.24, 2.45) is 0 Å². The SMILES string of the molecule is CCCc1cc(C(=O)N2CCN([C@@H](C)c3ccc(C)cc3)CC2)n[nH]1. The van der Waals surface area contributed by atoms with Crippen LogP contribution in [-0.4, -0.2) is 52.1 Å². The van der Waals surface area contributed by atoms with Crippen LogP contribution < -0.4 is 0 Å². The Morgan fingerprint density at radius 1 is 1.20 bits per heavy atom. The van der Waals surface area contributed by atoms with Crippen LogP contribution in [0.3, 0.4) is 0 Å². The average molecular weight is 340 g/mol. The second-order valence-corrected chi connectivity index (χ2v) is 6.94. The summed E-state index contributed by atoms with van der Waals surface area (Å²) in [5.74, 6) is 0.0428. The Morgan fingerprint density at radius 3 is 2.52 bits per heavy atom. The maximum atomic E-state index is 12.6. The van der Waals surface area contributed by atoms with Gasteiger partial charge in [-0.1, -0.05) is 43.2 Å². The van der Waals surface area contributed by atoms with Crippen molar-refractivity contribution in [2.45, 2.75) is 39.7 Å². The molecular formula is C20H28N4O. The van der Waals surface area contributed by atoms with Gasteiger partial charge in [-0.05, 0) is 31.9 Å². The molecule has 0 unspecified atom stereocenters. The topological polar surface area (TPSA) is 52.2 Å². The summed E-state index contributed by atoms with van der Waals surface area (Å²) in [6.07, 6.45) is 1.98. The van der Waals surface area contributed by atoms with E-state index in [1.165, 1.54) is 11.1 Å². The third kappa shape index (κ3) is 4.10. The Hall–Kier alpha value is -2.14. The van der Waals surface area contributed by atoms with Gasteiger partial charge in [0.05, 0.1) is 0 Å². The van der Waals surface area contributed by atoms with E-state index in [4.69, 9.17) is 0 Å². The number of carbonyl (C=O) groups excluding carboxylic acids is 1. The molecule has 5 heteroatoms. The van der Waals surface area contributed by atoms with E-state index < -0.39 is 0 Å². The molecular weight excluding hydrogens is 312 g/mol. The van der Waals surface area contributed by atoms with Gasteiger partial charge in [-0.3, -0.25) is 14.8 Å². The van der Waals surface area contributed by atoms with Gasteiger partial charge in [-0.2, -0.15) is 5.10 Å². The molecule has 1 aromatic heterocycles. The van der Waals surface area contributed by atoms with Crippen LogP contribution in [0.5, 0.6) is 0 Å². The molecule has 1 saturated heterocycles. The summed E-state index contributed by atoms with van der Waals surface area (Å²) in [6.45, 7) is 9.78. The molecule has 134 valence electrons. The lowest BCUT2D eigenvalue weighted by Gasteiger charge is -2.38. The molecule has 25 heavy (non-hydrogen) atoms. The molecule has 1 aliphatic heterocycles. The molecule has 2 aromatic rings. The number of carbonyl (C=O) groups is 1. The second-order valence-electron chi connectivity index (χ2n) is 6.94. The molecule has 1 N–H and O–H groups in total. The highest BCUT2D eigenvalue weighted by Crippen LogP contribution is 2.22. The first kappa shape index (κ1) is 17.7. The smallest absolute Gasteiger partial charge is 0.274 e. The van der Waals surface area contributed by atoms with E-state index in [-0.39, 0.29) is 5.91 Å². The number of aromatic amines is 1. The maximum Gasteiger partial charge on any atom is 0.274 e. The zero-order chi connectivity index (χ0) is 17.8. The van der Waals surface area contributed by atoms with Gasteiger partial charge in [0.2, 0.25) is 0 Å². The van der Waals surface area contributed by atoms with Crippen LogP contribution in [-0.2, 0) is 6.42 Å². The molecule has 0 saturated carbocycles. The first-order valence-electron chi connectivity index (χ1n) is 9.22. The van der Waals surface area contributed by atoms with Crippen LogP contribution >= 0.6 is 0 Å². The number of hydrogen-bond acceptors (Lipinski definition) is 3. The number of rotatable bonds is 5. The minimum atomic E-state index is 0.0428. The number of H-pyrrole nitrogens is 1. The summed E-state index contributed by atoms with van der Waals surface area (Å²) >= 11 is 0. The summed E-state index contributed by atoms with van der Waals surface area (Å²) in [4.78, 5) is 17.0. The van der Waals surface area contributed by atoms with Gasteiger partial charge in [0.1, 0.15) is 5.69 Å². The highest BCUT2D eigenvalue weighted by atomic mass is 16.2. The van der Waals surface area contributed by atoms with Gasteiger partial charge in [0.25, 0.3) is 5.91 Å². The van der Waals surface area contributed by atoms with Crippen LogP contribution in [0.15, 0.2) is 30.3 Å². The highest BCUT2D eigenvalue weighted by Gasteiger charge is 2.26. The van der Waals surface area contributed by atoms with Crippen LogP contribution in [0.1, 0.15) is 53.6 Å². The number of nitrogens with one attached hydrogen (secondary N) is 1. The fourth-order valence-electron chi connectivity index (χ4n) is 3.40. The van der Waals surface area contributed by atoms with Crippen LogP contribution in [0.4, 0.5) is 0 Å². The average Bonchev–Trinajstić information content (AvgIpc) is 3.10. The zero-order valence-corrected chi connectivity index (χ0v) is 15.5. The van der Waals surface area contributed by atoms with Crippen molar-refractivity contribution in [2.75, 3.05) is 26.2 Å². The van der Waals surface area contributed by atoms with Crippen LogP contribution in [0.25, 0.3) is 0 Å². The predicted octanol–water partition coefficient (Wildman–Crippen LogP) is 3.19. The summed E-state index contributed by atoms with van der Waals surface area (Å²) in [5, 5.41) is 7.16. The highest BCUT2D eigenvalue weighted by molar-refractivity contribution is 5.92. The first-order valence-corrected chi connectivity index (χ1v) is 9.22. The number of aryl methyl sites for hydroxylation is 2. The first-order chi connectivity index (χ1) is 12.1. The molecule has 1 aliphatic rings. The molecule has 1 atom stereocenters. The molecule has 1 aromatic carbocycles. The van der Waals surface area contributed by atoms with Gasteiger partial charge in [-0.15, -0.1) is 0 Å². The number of aromatic nitrogens is 2. The maximum absolute atomic E-state index is 12.6. The van der Waals surface area contributed by atoms with Crippen molar-refractivity contribution in [1.29, 1.82) is 0 Å². The van der Waals surface area contributed by atoms with Gasteiger partial charge >= 0.3 is 0 Å². The van der Waals surface area contributed by atoms with Gasteiger partial charge in [-0.25, -0.2) is 0 Å². The van der Waals surface area contributed by atoms with Crippen molar-refractivity contribution < 1.29 is 4.79 Å². The number of nitrogens with zero attached hydrogens (tertiary/aromatic N) is 3. The van der Waals surface area contributed by atoms with E-state index in [0.717, 1.165) is 44.7 Å². The fourth-order valence-corrected chi connectivity index (χ4v) is 3.40. The van der Waals surface area contributed by atoms with Crippen LogP contribution in [0, 0.1) is 6.92 Å². The summed E-state index contributed by atoms with van der Waals surface area (Å²) in [7, 11) is 0. The minimum Gasteiger partial charge on any atom is -0.335 e. The molecule has 1 amide bonds. The largest absolute Gasteiger partial charge is 0.335 e. The third-order valence-corrected chi connectivity index (χ3v) is 5.08. The quantitative estimate of drug-likeness (QED) is 0.909. The van der Waals surface area contributed by atoms with E-state index in [1.807, 2.05) is 11.0 Å². The Labute approximate surface area is 150 Å². The number of hydrogen-bond donors (Lipinski definition) is 1. The van der Waals surface area contributed by atoms with Crippen molar-refractivity contribution in [3.05, 3.63) is 52.8 Å². The summed E-state index contributed by atoms with van der Waals surface area (Å²) in [5.41, 5.74) is 4.20. The van der Waals surface area contributed by atoms with Crippen molar-refractivity contribution in [3.8, 4) is 0 Å². The van der Waals surface area contributed by atoms with Crippen LogP contribution in [0.2, 0.25) is 0 Å². The van der Waals surface area contributed by atoms with E-state index in [2.05, 4.69) is 60.1 Å². The monoisotopic (exact) mass is 340 g/mol. The Balaban J connectivity index is 1.57. The molecule has 0 aliphatic carbocycles. The van der Waals surface area contributed by atoms with E-state index in [1.54, 1.807) is 0 Å². The lowest BCUT2D eigenvalue weighted by Crippen LogP contribution is -2.49. The van der Waals surface area contributed by atoms with E-state index in [0.29, 0.717) is 11.7 Å². The molecule has 0 radical (unpaired) electrons. The van der Waals surface area contributed by atoms with Gasteiger partial charge in [0.15, 0.2) is 0 Å². The molecule has 2 heterocycles. The summed E-state index contributed by atoms with van der Waals surface area (Å²) < 4.78 is 0. The fraction of sp³-hybridized carbons (Fsp3) is 0.500. The zero-order valence-electron chi connectivity index (χ0n) is 15.5. The molecule has 0 bridgehead atoms. The third-order valence-electron chi connectivity index (χ3n) is 5.08. The Bertz CT molecular complexity index is 699. The van der Waals surface area contributed by atoms with Gasteiger partial charge < -0.3 is 4.90 Å². The van der Waals surface area contributed by atoms with E-state index in [9.17, 15) is 4.79 Å².